The van der Waals surface area contributed by atoms with Crippen LogP contribution in [0.5, 0.6) is 0 Å². The molecular formula is C14H25F3N2O2. The van der Waals surface area contributed by atoms with Crippen LogP contribution in [0.25, 0.3) is 0 Å². The molecule has 0 bridgehead atoms. The number of nitrogens with zero attached hydrogens (tertiary/aromatic N) is 1. The Labute approximate surface area is 124 Å². The van der Waals surface area contributed by atoms with Crippen LogP contribution in [-0.4, -0.2) is 55.4 Å². The van der Waals surface area contributed by atoms with Crippen LogP contribution in [0.1, 0.15) is 39.5 Å². The van der Waals surface area contributed by atoms with Crippen molar-refractivity contribution < 1.29 is 22.7 Å². The lowest BCUT2D eigenvalue weighted by Gasteiger charge is -2.32. The minimum atomic E-state index is -4.34. The van der Waals surface area contributed by atoms with Crippen molar-refractivity contribution in [3.05, 3.63) is 0 Å². The molecule has 1 rings (SSSR count). The van der Waals surface area contributed by atoms with Gasteiger partial charge in [-0.25, -0.2) is 0 Å². The molecule has 1 N–H and O–H groups in total. The number of nitrogens with one attached hydrogen (secondary N) is 1. The Morgan fingerprint density at radius 3 is 2.57 bits per heavy atom. The van der Waals surface area contributed by atoms with Crippen LogP contribution in [0.3, 0.4) is 0 Å². The van der Waals surface area contributed by atoms with Gasteiger partial charge in [0.25, 0.3) is 0 Å². The fraction of sp³-hybridized carbons (Fsp3) is 0.929. The Morgan fingerprint density at radius 2 is 2.00 bits per heavy atom. The fourth-order valence-corrected chi connectivity index (χ4v) is 2.72. The second-order valence-electron chi connectivity index (χ2n) is 5.47. The molecule has 0 aromatic rings. The van der Waals surface area contributed by atoms with Crippen molar-refractivity contribution in [1.29, 1.82) is 0 Å². The topological polar surface area (TPSA) is 41.6 Å². The number of esters is 1. The summed E-state index contributed by atoms with van der Waals surface area (Å²) < 4.78 is 42.5. The third kappa shape index (κ3) is 5.82. The minimum absolute atomic E-state index is 0.174. The summed E-state index contributed by atoms with van der Waals surface area (Å²) in [6.45, 7) is 5.05. The largest absolute Gasteiger partial charge is 0.465 e. The van der Waals surface area contributed by atoms with Gasteiger partial charge in [0.1, 0.15) is 5.54 Å². The Kier molecular flexibility index (Phi) is 6.93. The van der Waals surface area contributed by atoms with E-state index in [0.717, 1.165) is 19.5 Å². The monoisotopic (exact) mass is 310 g/mol. The lowest BCUT2D eigenvalue weighted by Crippen LogP contribution is -2.56. The zero-order chi connectivity index (χ0) is 15.9. The van der Waals surface area contributed by atoms with E-state index in [1.165, 1.54) is 0 Å². The highest BCUT2D eigenvalue weighted by Crippen LogP contribution is 2.26. The molecule has 21 heavy (non-hydrogen) atoms. The van der Waals surface area contributed by atoms with E-state index in [9.17, 15) is 18.0 Å². The van der Waals surface area contributed by atoms with Crippen molar-refractivity contribution in [1.82, 2.24) is 10.2 Å². The highest BCUT2D eigenvalue weighted by Gasteiger charge is 2.43. The lowest BCUT2D eigenvalue weighted by atomic mass is 9.90. The zero-order valence-electron chi connectivity index (χ0n) is 12.8. The standard InChI is InChI=1S/C14H25F3N2O2/c1-3-8-19-9-5-6-13(7-10-19,12(20)21-4-2)18-11-14(15,16)17/h18H,3-11H2,1-2H3. The molecule has 1 saturated heterocycles. The Morgan fingerprint density at radius 1 is 1.29 bits per heavy atom. The number of ether oxygens (including phenoxy) is 1. The van der Waals surface area contributed by atoms with E-state index < -0.39 is 24.2 Å². The molecule has 0 aromatic carbocycles. The Bertz CT molecular complexity index is 337. The maximum Gasteiger partial charge on any atom is 0.401 e. The van der Waals surface area contributed by atoms with Gasteiger partial charge in [-0.1, -0.05) is 6.92 Å². The second kappa shape index (κ2) is 7.98. The van der Waals surface area contributed by atoms with Gasteiger partial charge in [-0.3, -0.25) is 10.1 Å². The zero-order valence-corrected chi connectivity index (χ0v) is 12.8. The molecule has 124 valence electrons. The molecule has 1 fully saturated rings. The normalized spacial score (nSPS) is 24.6. The summed E-state index contributed by atoms with van der Waals surface area (Å²) in [5.41, 5.74) is -1.21. The molecule has 0 radical (unpaired) electrons. The molecule has 7 heteroatoms. The number of likely N-dealkylation sites (tertiary alicyclic amines) is 1. The van der Waals surface area contributed by atoms with Gasteiger partial charge in [0.15, 0.2) is 0 Å². The molecule has 1 aliphatic heterocycles. The first kappa shape index (κ1) is 18.2. The van der Waals surface area contributed by atoms with E-state index in [2.05, 4.69) is 17.1 Å². The van der Waals surface area contributed by atoms with Crippen molar-refractivity contribution in [3.8, 4) is 0 Å². The van der Waals surface area contributed by atoms with Crippen LogP contribution in [-0.2, 0) is 9.53 Å². The number of carbonyl (C=O) groups is 1. The smallest absolute Gasteiger partial charge is 0.401 e. The van der Waals surface area contributed by atoms with Gasteiger partial charge in [0, 0.05) is 6.54 Å². The summed E-state index contributed by atoms with van der Waals surface area (Å²) in [4.78, 5) is 14.4. The molecule has 0 aromatic heterocycles. The van der Waals surface area contributed by atoms with Crippen LogP contribution >= 0.6 is 0 Å². The fourth-order valence-electron chi connectivity index (χ4n) is 2.72. The van der Waals surface area contributed by atoms with Crippen LogP contribution in [0.2, 0.25) is 0 Å². The molecule has 0 spiro atoms. The van der Waals surface area contributed by atoms with Crippen LogP contribution in [0, 0.1) is 0 Å². The van der Waals surface area contributed by atoms with E-state index >= 15 is 0 Å². The Balaban J connectivity index is 2.79. The number of carbonyl (C=O) groups excluding carboxylic acids is 1. The molecule has 4 nitrogen and oxygen atoms in total. The summed E-state index contributed by atoms with van der Waals surface area (Å²) in [5, 5.41) is 2.44. The molecule has 0 amide bonds. The predicted octanol–water partition coefficient (Wildman–Crippen LogP) is 2.34. The second-order valence-corrected chi connectivity index (χ2v) is 5.47. The first-order valence-corrected chi connectivity index (χ1v) is 7.54. The maximum atomic E-state index is 12.5. The minimum Gasteiger partial charge on any atom is -0.465 e. The average molecular weight is 310 g/mol. The highest BCUT2D eigenvalue weighted by atomic mass is 19.4. The molecular weight excluding hydrogens is 285 g/mol. The van der Waals surface area contributed by atoms with Gasteiger partial charge < -0.3 is 9.64 Å². The number of hydrogen-bond acceptors (Lipinski definition) is 4. The van der Waals surface area contributed by atoms with E-state index in [1.54, 1.807) is 6.92 Å². The van der Waals surface area contributed by atoms with Crippen LogP contribution in [0.4, 0.5) is 13.2 Å². The first-order valence-electron chi connectivity index (χ1n) is 7.54. The van der Waals surface area contributed by atoms with Crippen molar-refractivity contribution in [2.75, 3.05) is 32.8 Å². The number of rotatable bonds is 6. The van der Waals surface area contributed by atoms with Crippen molar-refractivity contribution in [2.45, 2.75) is 51.2 Å². The van der Waals surface area contributed by atoms with Crippen molar-refractivity contribution >= 4 is 5.97 Å². The van der Waals surface area contributed by atoms with Crippen molar-refractivity contribution in [2.24, 2.45) is 0 Å². The highest BCUT2D eigenvalue weighted by molar-refractivity contribution is 5.81. The maximum absolute atomic E-state index is 12.5. The molecule has 1 aliphatic rings. The van der Waals surface area contributed by atoms with E-state index in [-0.39, 0.29) is 6.61 Å². The van der Waals surface area contributed by atoms with Crippen molar-refractivity contribution in [3.63, 3.8) is 0 Å². The van der Waals surface area contributed by atoms with E-state index in [4.69, 9.17) is 4.74 Å². The van der Waals surface area contributed by atoms with Gasteiger partial charge in [0.05, 0.1) is 13.2 Å². The summed E-state index contributed by atoms with van der Waals surface area (Å²) >= 11 is 0. The first-order chi connectivity index (χ1) is 9.83. The van der Waals surface area contributed by atoms with E-state index in [0.29, 0.717) is 25.8 Å². The van der Waals surface area contributed by atoms with Gasteiger partial charge in [-0.05, 0) is 45.7 Å². The number of hydrogen-bond donors (Lipinski definition) is 1. The predicted molar refractivity (Wildman–Crippen MR) is 74.0 cm³/mol. The number of alkyl halides is 3. The van der Waals surface area contributed by atoms with Gasteiger partial charge in [-0.15, -0.1) is 0 Å². The summed E-state index contributed by atoms with van der Waals surface area (Å²) in [6.07, 6.45) is -1.94. The SMILES string of the molecule is CCCN1CCCC(NCC(F)(F)F)(C(=O)OCC)CC1. The van der Waals surface area contributed by atoms with Gasteiger partial charge >= 0.3 is 12.1 Å². The quantitative estimate of drug-likeness (QED) is 0.765. The summed E-state index contributed by atoms with van der Waals surface area (Å²) in [7, 11) is 0. The summed E-state index contributed by atoms with van der Waals surface area (Å²) in [5.74, 6) is -0.562. The molecule has 1 unspecified atom stereocenters. The molecule has 0 saturated carbocycles. The van der Waals surface area contributed by atoms with E-state index in [1.807, 2.05) is 0 Å². The summed E-state index contributed by atoms with van der Waals surface area (Å²) in [6, 6.07) is 0. The molecule has 1 atom stereocenters. The average Bonchev–Trinajstić information content (AvgIpc) is 2.60. The third-order valence-corrected chi connectivity index (χ3v) is 3.77. The van der Waals surface area contributed by atoms with Gasteiger partial charge in [0.2, 0.25) is 0 Å². The van der Waals surface area contributed by atoms with Crippen LogP contribution < -0.4 is 5.32 Å². The van der Waals surface area contributed by atoms with Gasteiger partial charge in [-0.2, -0.15) is 13.2 Å². The molecule has 0 aliphatic carbocycles. The third-order valence-electron chi connectivity index (χ3n) is 3.77. The lowest BCUT2D eigenvalue weighted by molar-refractivity contribution is -0.156. The molecule has 1 heterocycles. The Hall–Kier alpha value is -0.820. The number of halogens is 3. The van der Waals surface area contributed by atoms with Crippen LogP contribution in [0.15, 0.2) is 0 Å².